The average Bonchev–Trinajstić information content (AvgIpc) is 3.23. The highest BCUT2D eigenvalue weighted by Gasteiger charge is 2.30. The summed E-state index contributed by atoms with van der Waals surface area (Å²) in [5.41, 5.74) is 7.30. The van der Waals surface area contributed by atoms with Crippen LogP contribution in [0.3, 0.4) is 0 Å². The minimum atomic E-state index is -1.22. The number of carbonyl (C=O) groups excluding carboxylic acids is 3. The summed E-state index contributed by atoms with van der Waals surface area (Å²) in [4.78, 5) is 52.9. The second kappa shape index (κ2) is 13.1. The minimum absolute atomic E-state index is 0.0876. The zero-order valence-electron chi connectivity index (χ0n) is 19.9. The number of aliphatic hydroxyl groups excluding tert-OH is 1. The van der Waals surface area contributed by atoms with Crippen molar-refractivity contribution in [3.05, 3.63) is 36.0 Å². The molecule has 0 spiro atoms. The van der Waals surface area contributed by atoms with Gasteiger partial charge in [-0.15, -0.1) is 0 Å². The third kappa shape index (κ3) is 7.98. The van der Waals surface area contributed by atoms with Gasteiger partial charge in [-0.3, -0.25) is 19.2 Å². The molecule has 0 fully saturated rings. The summed E-state index contributed by atoms with van der Waals surface area (Å²) >= 11 is 1.47. The van der Waals surface area contributed by atoms with Crippen LogP contribution >= 0.6 is 11.8 Å². The molecular weight excluding hydrogens is 474 g/mol. The predicted molar refractivity (Wildman–Crippen MR) is 134 cm³/mol. The van der Waals surface area contributed by atoms with Crippen LogP contribution in [0.2, 0.25) is 0 Å². The van der Waals surface area contributed by atoms with Gasteiger partial charge >= 0.3 is 5.97 Å². The van der Waals surface area contributed by atoms with Crippen LogP contribution in [-0.2, 0) is 25.6 Å². The Balaban J connectivity index is 2.27. The zero-order chi connectivity index (χ0) is 26.1. The van der Waals surface area contributed by atoms with Gasteiger partial charge in [0.2, 0.25) is 17.7 Å². The van der Waals surface area contributed by atoms with E-state index in [-0.39, 0.29) is 12.8 Å². The van der Waals surface area contributed by atoms with E-state index in [2.05, 4.69) is 20.9 Å². The maximum atomic E-state index is 13.2. The van der Waals surface area contributed by atoms with Crippen molar-refractivity contribution in [1.29, 1.82) is 0 Å². The summed E-state index contributed by atoms with van der Waals surface area (Å²) in [6, 6.07) is 2.95. The number of benzene rings is 1. The number of rotatable bonds is 13. The maximum absolute atomic E-state index is 13.2. The van der Waals surface area contributed by atoms with E-state index >= 15 is 0 Å². The average molecular weight is 508 g/mol. The van der Waals surface area contributed by atoms with Crippen molar-refractivity contribution in [3.63, 3.8) is 0 Å². The molecule has 5 atom stereocenters. The SMILES string of the molecule is CSCCC(NC(=O)C(N)C(C)O)C(=O)NC(Cc1c[nH]c2ccccc12)C(=O)NC(C)C(=O)O. The molecule has 35 heavy (non-hydrogen) atoms. The van der Waals surface area contributed by atoms with Gasteiger partial charge < -0.3 is 36.9 Å². The van der Waals surface area contributed by atoms with Crippen molar-refractivity contribution < 1.29 is 29.4 Å². The first-order valence-electron chi connectivity index (χ1n) is 11.2. The first-order valence-corrected chi connectivity index (χ1v) is 12.6. The predicted octanol–water partition coefficient (Wildman–Crippen LogP) is -0.269. The smallest absolute Gasteiger partial charge is 0.325 e. The number of aliphatic hydroxyl groups is 1. The lowest BCUT2D eigenvalue weighted by Crippen LogP contribution is -2.58. The summed E-state index contributed by atoms with van der Waals surface area (Å²) in [5, 5.41) is 27.2. The lowest BCUT2D eigenvalue weighted by atomic mass is 10.0. The number of aromatic amines is 1. The number of carboxylic acids is 1. The van der Waals surface area contributed by atoms with E-state index in [0.29, 0.717) is 5.75 Å². The number of hydrogen-bond donors (Lipinski definition) is 7. The molecule has 0 aliphatic heterocycles. The topological polar surface area (TPSA) is 187 Å². The summed E-state index contributed by atoms with van der Waals surface area (Å²) < 4.78 is 0. The fourth-order valence-electron chi connectivity index (χ4n) is 3.37. The normalized spacial score (nSPS) is 15.5. The van der Waals surface area contributed by atoms with E-state index in [4.69, 9.17) is 5.73 Å². The number of aliphatic carboxylic acids is 1. The third-order valence-corrected chi connectivity index (χ3v) is 6.17. The van der Waals surface area contributed by atoms with Crippen LogP contribution in [0.5, 0.6) is 0 Å². The second-order valence-electron chi connectivity index (χ2n) is 8.30. The van der Waals surface area contributed by atoms with Crippen molar-refractivity contribution in [3.8, 4) is 0 Å². The van der Waals surface area contributed by atoms with E-state index in [0.717, 1.165) is 16.5 Å². The van der Waals surface area contributed by atoms with Gasteiger partial charge in [0.15, 0.2) is 0 Å². The standard InChI is InChI=1S/C23H33N5O6S/c1-12(23(33)34)26-21(31)18(10-14-11-25-16-7-5-4-6-15(14)16)28-20(30)17(8-9-35-3)27-22(32)19(24)13(2)29/h4-7,11-13,17-19,25,29H,8-10,24H2,1-3H3,(H,26,31)(H,27,32)(H,28,30)(H,33,34). The molecule has 0 saturated heterocycles. The number of para-hydroxylation sites is 1. The molecular formula is C23H33N5O6S. The molecule has 1 heterocycles. The number of carboxylic acid groups (broad SMARTS) is 1. The van der Waals surface area contributed by atoms with Crippen molar-refractivity contribution in [2.24, 2.45) is 5.73 Å². The van der Waals surface area contributed by atoms with Gasteiger partial charge in [0.05, 0.1) is 6.10 Å². The highest BCUT2D eigenvalue weighted by atomic mass is 32.2. The molecule has 2 rings (SSSR count). The van der Waals surface area contributed by atoms with E-state index in [1.165, 1.54) is 25.6 Å². The molecule has 12 heteroatoms. The Bertz CT molecular complexity index is 1040. The maximum Gasteiger partial charge on any atom is 0.325 e. The number of carbonyl (C=O) groups is 4. The third-order valence-electron chi connectivity index (χ3n) is 5.53. The van der Waals surface area contributed by atoms with Crippen molar-refractivity contribution >= 4 is 46.4 Å². The first kappa shape index (κ1) is 28.1. The highest BCUT2D eigenvalue weighted by molar-refractivity contribution is 7.98. The molecule has 0 radical (unpaired) electrons. The minimum Gasteiger partial charge on any atom is -0.480 e. The number of H-pyrrole nitrogens is 1. The molecule has 11 nitrogen and oxygen atoms in total. The van der Waals surface area contributed by atoms with Gasteiger partial charge in [0.25, 0.3) is 0 Å². The van der Waals surface area contributed by atoms with E-state index < -0.39 is 54.0 Å². The number of amides is 3. The number of fused-ring (bicyclic) bond motifs is 1. The number of nitrogens with one attached hydrogen (secondary N) is 4. The van der Waals surface area contributed by atoms with Gasteiger partial charge in [-0.2, -0.15) is 11.8 Å². The first-order chi connectivity index (χ1) is 16.5. The molecule has 0 bridgehead atoms. The number of nitrogens with two attached hydrogens (primary N) is 1. The van der Waals surface area contributed by atoms with Gasteiger partial charge in [-0.25, -0.2) is 0 Å². The molecule has 2 aromatic rings. The lowest BCUT2D eigenvalue weighted by molar-refractivity contribution is -0.141. The van der Waals surface area contributed by atoms with Crippen molar-refractivity contribution in [2.45, 2.75) is 57.0 Å². The number of hydrogen-bond acceptors (Lipinski definition) is 7. The second-order valence-corrected chi connectivity index (χ2v) is 9.29. The summed E-state index contributed by atoms with van der Waals surface area (Å²) in [7, 11) is 0. The molecule has 192 valence electrons. The van der Waals surface area contributed by atoms with Crippen LogP contribution in [0.1, 0.15) is 25.8 Å². The molecule has 1 aromatic carbocycles. The Hall–Kier alpha value is -3.09. The van der Waals surface area contributed by atoms with Crippen LogP contribution in [0.25, 0.3) is 10.9 Å². The largest absolute Gasteiger partial charge is 0.480 e. The molecule has 5 unspecified atom stereocenters. The van der Waals surface area contributed by atoms with Gasteiger partial charge in [0.1, 0.15) is 24.2 Å². The van der Waals surface area contributed by atoms with Gasteiger partial charge in [0, 0.05) is 23.5 Å². The monoisotopic (exact) mass is 507 g/mol. The Morgan fingerprint density at radius 3 is 2.29 bits per heavy atom. The van der Waals surface area contributed by atoms with Crippen LogP contribution in [0, 0.1) is 0 Å². The van der Waals surface area contributed by atoms with Crippen LogP contribution in [0.15, 0.2) is 30.5 Å². The molecule has 0 aliphatic carbocycles. The molecule has 0 saturated carbocycles. The zero-order valence-corrected chi connectivity index (χ0v) is 20.7. The molecule has 8 N–H and O–H groups in total. The van der Waals surface area contributed by atoms with E-state index in [1.807, 2.05) is 30.5 Å². The molecule has 1 aromatic heterocycles. The fraction of sp³-hybridized carbons (Fsp3) is 0.478. The van der Waals surface area contributed by atoms with E-state index in [9.17, 15) is 29.4 Å². The Morgan fingerprint density at radius 2 is 1.66 bits per heavy atom. The summed E-state index contributed by atoms with van der Waals surface area (Å²) in [6.45, 7) is 2.69. The van der Waals surface area contributed by atoms with Crippen LogP contribution in [0.4, 0.5) is 0 Å². The molecule has 0 aliphatic rings. The Morgan fingerprint density at radius 1 is 1.03 bits per heavy atom. The van der Waals surface area contributed by atoms with Crippen molar-refractivity contribution in [2.75, 3.05) is 12.0 Å². The van der Waals surface area contributed by atoms with Crippen LogP contribution in [-0.4, -0.2) is 81.2 Å². The lowest BCUT2D eigenvalue weighted by Gasteiger charge is -2.25. The number of aromatic nitrogens is 1. The summed E-state index contributed by atoms with van der Waals surface area (Å²) in [5.74, 6) is -2.66. The summed E-state index contributed by atoms with van der Waals surface area (Å²) in [6.07, 6.45) is 2.81. The molecule has 3 amide bonds. The quantitative estimate of drug-likeness (QED) is 0.193. The Kier molecular flexibility index (Phi) is 10.6. The number of thioether (sulfide) groups is 1. The van der Waals surface area contributed by atoms with Crippen LogP contribution < -0.4 is 21.7 Å². The van der Waals surface area contributed by atoms with Gasteiger partial charge in [-0.05, 0) is 43.9 Å². The highest BCUT2D eigenvalue weighted by Crippen LogP contribution is 2.19. The fourth-order valence-corrected chi connectivity index (χ4v) is 3.84. The van der Waals surface area contributed by atoms with Crippen molar-refractivity contribution in [1.82, 2.24) is 20.9 Å². The van der Waals surface area contributed by atoms with E-state index in [1.54, 1.807) is 6.20 Å². The Labute approximate surface area is 207 Å². The van der Waals surface area contributed by atoms with Gasteiger partial charge in [-0.1, -0.05) is 18.2 Å².